The number of amides is 4. The standard InChI is InChI=1S/C20H26N4O4/c1-19(2,3)14-17(26)24(18(27)23-14)11-7-20(8-11)9-12(10-20)28-16-13(15(21)25)5-4-6-22-16/h4-6,11-12,14H,7-10H2,1-3H3,(H2,21,25)(H,23,27)/t11-,12-,14?,20?. The Labute approximate surface area is 163 Å². The Hall–Kier alpha value is -2.64. The lowest BCUT2D eigenvalue weighted by Crippen LogP contribution is -2.60. The molecule has 1 saturated heterocycles. The second-order valence-corrected chi connectivity index (χ2v) is 9.39. The summed E-state index contributed by atoms with van der Waals surface area (Å²) in [5, 5.41) is 2.83. The highest BCUT2D eigenvalue weighted by molar-refractivity contribution is 6.05. The summed E-state index contributed by atoms with van der Waals surface area (Å²) in [7, 11) is 0. The van der Waals surface area contributed by atoms with E-state index in [-0.39, 0.29) is 46.4 Å². The molecule has 1 aliphatic heterocycles. The molecule has 1 aromatic rings. The highest BCUT2D eigenvalue weighted by atomic mass is 16.5. The Kier molecular flexibility index (Phi) is 4.13. The Morgan fingerprint density at radius 2 is 1.96 bits per heavy atom. The fraction of sp³-hybridized carbons (Fsp3) is 0.600. The largest absolute Gasteiger partial charge is 0.474 e. The van der Waals surface area contributed by atoms with E-state index in [1.807, 2.05) is 20.8 Å². The van der Waals surface area contributed by atoms with Crippen LogP contribution in [0.1, 0.15) is 56.8 Å². The van der Waals surface area contributed by atoms with Gasteiger partial charge in [0.05, 0.1) is 0 Å². The van der Waals surface area contributed by atoms with Crippen molar-refractivity contribution in [3.8, 4) is 5.88 Å². The first-order valence-electron chi connectivity index (χ1n) is 9.65. The number of pyridine rings is 1. The maximum atomic E-state index is 12.7. The molecule has 4 amide bonds. The Bertz CT molecular complexity index is 833. The maximum absolute atomic E-state index is 12.7. The van der Waals surface area contributed by atoms with Gasteiger partial charge in [0.25, 0.3) is 11.8 Å². The molecular weight excluding hydrogens is 360 g/mol. The highest BCUT2D eigenvalue weighted by Gasteiger charge is 2.59. The number of hydrogen-bond donors (Lipinski definition) is 2. The SMILES string of the molecule is CC(C)(C)C1NC(=O)N([C@H]2CC3(C[C@H](Oc4ncccc4C(N)=O)C3)C2)C1=O. The first-order valence-corrected chi connectivity index (χ1v) is 9.65. The average molecular weight is 386 g/mol. The summed E-state index contributed by atoms with van der Waals surface area (Å²) < 4.78 is 5.87. The summed E-state index contributed by atoms with van der Waals surface area (Å²) in [6.45, 7) is 5.86. The molecule has 4 rings (SSSR count). The van der Waals surface area contributed by atoms with Crippen LogP contribution in [-0.2, 0) is 4.79 Å². The molecule has 1 spiro atoms. The normalized spacial score (nSPS) is 32.0. The van der Waals surface area contributed by atoms with Gasteiger partial charge in [0.1, 0.15) is 17.7 Å². The number of imide groups is 1. The van der Waals surface area contributed by atoms with Crippen LogP contribution in [0, 0.1) is 10.8 Å². The van der Waals surface area contributed by atoms with Crippen LogP contribution >= 0.6 is 0 Å². The molecule has 3 fully saturated rings. The number of carbonyl (C=O) groups excluding carboxylic acids is 3. The molecule has 1 atom stereocenters. The molecule has 3 aliphatic rings. The fourth-order valence-electron chi connectivity index (χ4n) is 4.70. The lowest BCUT2D eigenvalue weighted by molar-refractivity contribution is -0.142. The summed E-state index contributed by atoms with van der Waals surface area (Å²) in [5.74, 6) is -0.412. The Morgan fingerprint density at radius 3 is 2.54 bits per heavy atom. The van der Waals surface area contributed by atoms with E-state index in [0.717, 1.165) is 25.7 Å². The van der Waals surface area contributed by atoms with Crippen LogP contribution < -0.4 is 15.8 Å². The second kappa shape index (κ2) is 6.18. The van der Waals surface area contributed by atoms with E-state index in [1.54, 1.807) is 18.3 Å². The van der Waals surface area contributed by atoms with Crippen molar-refractivity contribution < 1.29 is 19.1 Å². The number of nitrogens with one attached hydrogen (secondary N) is 1. The minimum atomic E-state index is -0.562. The van der Waals surface area contributed by atoms with Crippen LogP contribution in [0.3, 0.4) is 0 Å². The molecule has 2 heterocycles. The van der Waals surface area contributed by atoms with Gasteiger partial charge in [-0.1, -0.05) is 20.8 Å². The van der Waals surface area contributed by atoms with E-state index in [4.69, 9.17) is 10.5 Å². The highest BCUT2D eigenvalue weighted by Crippen LogP contribution is 2.58. The predicted octanol–water partition coefficient (Wildman–Crippen LogP) is 1.84. The van der Waals surface area contributed by atoms with Gasteiger partial charge in [0, 0.05) is 12.2 Å². The molecule has 2 aliphatic carbocycles. The first kappa shape index (κ1) is 18.7. The lowest BCUT2D eigenvalue weighted by atomic mass is 9.52. The molecule has 28 heavy (non-hydrogen) atoms. The number of hydrogen-bond acceptors (Lipinski definition) is 5. The van der Waals surface area contributed by atoms with Crippen LogP contribution in [0.2, 0.25) is 0 Å². The van der Waals surface area contributed by atoms with Crippen molar-refractivity contribution in [2.45, 2.75) is 64.6 Å². The molecule has 2 saturated carbocycles. The van der Waals surface area contributed by atoms with Crippen molar-refractivity contribution in [2.24, 2.45) is 16.6 Å². The summed E-state index contributed by atoms with van der Waals surface area (Å²) in [4.78, 5) is 42.0. The smallest absolute Gasteiger partial charge is 0.325 e. The molecule has 0 bridgehead atoms. The van der Waals surface area contributed by atoms with Crippen molar-refractivity contribution in [3.05, 3.63) is 23.9 Å². The van der Waals surface area contributed by atoms with Crippen molar-refractivity contribution in [2.75, 3.05) is 0 Å². The van der Waals surface area contributed by atoms with Gasteiger partial charge >= 0.3 is 6.03 Å². The third-order valence-electron chi connectivity index (χ3n) is 6.18. The quantitative estimate of drug-likeness (QED) is 0.766. The van der Waals surface area contributed by atoms with Gasteiger partial charge in [-0.2, -0.15) is 0 Å². The molecule has 3 N–H and O–H groups in total. The summed E-state index contributed by atoms with van der Waals surface area (Å²) in [6, 6.07) is 2.45. The number of nitrogens with zero attached hydrogens (tertiary/aromatic N) is 2. The summed E-state index contributed by atoms with van der Waals surface area (Å²) in [6.07, 6.45) is 4.79. The van der Waals surface area contributed by atoms with Crippen LogP contribution in [-0.4, -0.2) is 45.9 Å². The van der Waals surface area contributed by atoms with Crippen molar-refractivity contribution in [3.63, 3.8) is 0 Å². The number of aromatic nitrogens is 1. The number of urea groups is 1. The van der Waals surface area contributed by atoms with Crippen molar-refractivity contribution in [1.82, 2.24) is 15.2 Å². The van der Waals surface area contributed by atoms with Crippen molar-refractivity contribution in [1.29, 1.82) is 0 Å². The second-order valence-electron chi connectivity index (χ2n) is 9.39. The molecule has 8 heteroatoms. The minimum absolute atomic E-state index is 0.0284. The predicted molar refractivity (Wildman–Crippen MR) is 100 cm³/mol. The Balaban J connectivity index is 1.33. The van der Waals surface area contributed by atoms with E-state index >= 15 is 0 Å². The van der Waals surface area contributed by atoms with Gasteiger partial charge in [-0.3, -0.25) is 14.5 Å². The topological polar surface area (TPSA) is 115 Å². The molecule has 1 unspecified atom stereocenters. The van der Waals surface area contributed by atoms with Gasteiger partial charge in [-0.05, 0) is 48.6 Å². The van der Waals surface area contributed by atoms with Crippen LogP contribution in [0.5, 0.6) is 5.88 Å². The van der Waals surface area contributed by atoms with Crippen LogP contribution in [0.25, 0.3) is 0 Å². The molecule has 1 aromatic heterocycles. The number of primary amides is 1. The summed E-state index contributed by atoms with van der Waals surface area (Å²) >= 11 is 0. The van der Waals surface area contributed by atoms with E-state index in [9.17, 15) is 14.4 Å². The zero-order valence-corrected chi connectivity index (χ0v) is 16.4. The maximum Gasteiger partial charge on any atom is 0.325 e. The number of rotatable bonds is 4. The zero-order valence-electron chi connectivity index (χ0n) is 16.4. The van der Waals surface area contributed by atoms with Gasteiger partial charge in [-0.25, -0.2) is 9.78 Å². The molecule has 150 valence electrons. The number of carbonyl (C=O) groups is 3. The van der Waals surface area contributed by atoms with Gasteiger partial charge in [0.2, 0.25) is 5.88 Å². The molecule has 0 aromatic carbocycles. The van der Waals surface area contributed by atoms with E-state index in [2.05, 4.69) is 10.3 Å². The van der Waals surface area contributed by atoms with Gasteiger partial charge in [-0.15, -0.1) is 0 Å². The number of ether oxygens (including phenoxy) is 1. The van der Waals surface area contributed by atoms with Crippen LogP contribution in [0.4, 0.5) is 4.79 Å². The monoisotopic (exact) mass is 386 g/mol. The van der Waals surface area contributed by atoms with Crippen molar-refractivity contribution >= 4 is 17.8 Å². The minimum Gasteiger partial charge on any atom is -0.474 e. The molecular formula is C20H26N4O4. The van der Waals surface area contributed by atoms with Crippen LogP contribution in [0.15, 0.2) is 18.3 Å². The average Bonchev–Trinajstić information content (AvgIpc) is 2.84. The third kappa shape index (κ3) is 3.00. The molecule has 0 radical (unpaired) electrons. The van der Waals surface area contributed by atoms with E-state index in [0.29, 0.717) is 0 Å². The van der Waals surface area contributed by atoms with Gasteiger partial charge in [0.15, 0.2) is 0 Å². The number of nitrogens with two attached hydrogens (primary N) is 1. The third-order valence-corrected chi connectivity index (χ3v) is 6.18. The fourth-order valence-corrected chi connectivity index (χ4v) is 4.70. The van der Waals surface area contributed by atoms with E-state index in [1.165, 1.54) is 4.90 Å². The molecule has 8 nitrogen and oxygen atoms in total. The van der Waals surface area contributed by atoms with Gasteiger partial charge < -0.3 is 15.8 Å². The first-order chi connectivity index (χ1) is 13.1. The Morgan fingerprint density at radius 1 is 1.29 bits per heavy atom. The summed E-state index contributed by atoms with van der Waals surface area (Å²) in [5.41, 5.74) is 5.44. The zero-order chi connectivity index (χ0) is 20.3. The van der Waals surface area contributed by atoms with E-state index < -0.39 is 11.9 Å². The lowest BCUT2D eigenvalue weighted by Gasteiger charge is -2.58.